The van der Waals surface area contributed by atoms with Gasteiger partial charge in [-0.05, 0) is 57.4 Å². The van der Waals surface area contributed by atoms with E-state index < -0.39 is 0 Å². The van der Waals surface area contributed by atoms with Gasteiger partial charge in [0.15, 0.2) is 0 Å². The number of anilines is 1. The Hall–Kier alpha value is -2.47. The number of piperidine rings is 1. The molecule has 0 spiro atoms. The highest BCUT2D eigenvalue weighted by Gasteiger charge is 2.30. The molecule has 33 heavy (non-hydrogen) atoms. The summed E-state index contributed by atoms with van der Waals surface area (Å²) in [5, 5.41) is 0. The third-order valence-electron chi connectivity index (χ3n) is 7.52. The fourth-order valence-electron chi connectivity index (χ4n) is 5.53. The van der Waals surface area contributed by atoms with Crippen LogP contribution >= 0.6 is 0 Å². The summed E-state index contributed by atoms with van der Waals surface area (Å²) >= 11 is 0. The molecule has 0 aliphatic carbocycles. The summed E-state index contributed by atoms with van der Waals surface area (Å²) in [6.45, 7) is 6.60. The molecule has 2 fully saturated rings. The van der Waals surface area contributed by atoms with Gasteiger partial charge in [-0.25, -0.2) is 9.97 Å². The number of nitrogens with zero attached hydrogens (tertiary/aromatic N) is 4. The lowest BCUT2D eigenvalue weighted by Crippen LogP contribution is -2.40. The van der Waals surface area contributed by atoms with Crippen LogP contribution in [0.1, 0.15) is 67.1 Å². The molecule has 0 radical (unpaired) electrons. The Kier molecular flexibility index (Phi) is 6.91. The number of likely N-dealkylation sites (tertiary alicyclic amines) is 1. The van der Waals surface area contributed by atoms with E-state index in [1.54, 1.807) is 0 Å². The Morgan fingerprint density at radius 3 is 2.64 bits per heavy atom. The molecule has 4 heterocycles. The highest BCUT2D eigenvalue weighted by Crippen LogP contribution is 2.32. The van der Waals surface area contributed by atoms with Crippen LogP contribution in [0.4, 0.5) is 5.82 Å². The van der Waals surface area contributed by atoms with E-state index in [9.17, 15) is 4.79 Å². The van der Waals surface area contributed by atoms with E-state index >= 15 is 0 Å². The summed E-state index contributed by atoms with van der Waals surface area (Å²) in [4.78, 5) is 27.3. The predicted octanol–water partition coefficient (Wildman–Crippen LogP) is 4.06. The first-order valence-electron chi connectivity index (χ1n) is 12.7. The molecule has 0 bridgehead atoms. The van der Waals surface area contributed by atoms with Gasteiger partial charge in [0.1, 0.15) is 11.6 Å². The number of fused-ring (bicyclic) bond motifs is 1. The molecule has 6 heteroatoms. The summed E-state index contributed by atoms with van der Waals surface area (Å²) < 4.78 is 5.66. The molecule has 2 saturated heterocycles. The summed E-state index contributed by atoms with van der Waals surface area (Å²) in [5.41, 5.74) is 3.83. The summed E-state index contributed by atoms with van der Waals surface area (Å²) in [7, 11) is 0. The van der Waals surface area contributed by atoms with Crippen molar-refractivity contribution in [2.24, 2.45) is 0 Å². The lowest BCUT2D eigenvalue weighted by molar-refractivity contribution is -0.134. The van der Waals surface area contributed by atoms with Gasteiger partial charge in [0.2, 0.25) is 5.91 Å². The van der Waals surface area contributed by atoms with Crippen molar-refractivity contribution in [3.8, 4) is 0 Å². The second-order valence-electron chi connectivity index (χ2n) is 9.79. The van der Waals surface area contributed by atoms with Crippen molar-refractivity contribution < 1.29 is 9.53 Å². The van der Waals surface area contributed by atoms with Crippen LogP contribution in [0.5, 0.6) is 0 Å². The molecule has 176 valence electrons. The highest BCUT2D eigenvalue weighted by atomic mass is 16.5. The van der Waals surface area contributed by atoms with Crippen LogP contribution in [0.3, 0.4) is 0 Å². The molecule has 3 aliphatic rings. The van der Waals surface area contributed by atoms with Gasteiger partial charge in [-0.1, -0.05) is 30.3 Å². The molecule has 1 amide bonds. The Morgan fingerprint density at radius 1 is 1.06 bits per heavy atom. The number of aryl methyl sites for hydroxylation is 1. The highest BCUT2D eigenvalue weighted by molar-refractivity contribution is 5.76. The molecule has 0 saturated carbocycles. The number of benzene rings is 1. The first-order valence-corrected chi connectivity index (χ1v) is 12.7. The van der Waals surface area contributed by atoms with Gasteiger partial charge in [0.25, 0.3) is 0 Å². The minimum absolute atomic E-state index is 0.128. The minimum Gasteiger partial charge on any atom is -0.378 e. The van der Waals surface area contributed by atoms with E-state index in [0.29, 0.717) is 12.3 Å². The van der Waals surface area contributed by atoms with E-state index in [0.717, 1.165) is 95.1 Å². The largest absolute Gasteiger partial charge is 0.378 e. The smallest absolute Gasteiger partial charge is 0.225 e. The first-order chi connectivity index (χ1) is 16.2. The van der Waals surface area contributed by atoms with Gasteiger partial charge in [-0.2, -0.15) is 0 Å². The molecular weight excluding hydrogens is 412 g/mol. The van der Waals surface area contributed by atoms with Gasteiger partial charge >= 0.3 is 0 Å². The lowest BCUT2D eigenvalue weighted by atomic mass is 9.94. The minimum atomic E-state index is 0.128. The number of hydrogen-bond acceptors (Lipinski definition) is 5. The second-order valence-corrected chi connectivity index (χ2v) is 9.79. The number of ether oxygens (including phenoxy) is 1. The van der Waals surface area contributed by atoms with Crippen LogP contribution in [0, 0.1) is 6.92 Å². The molecule has 1 aromatic heterocycles. The number of hydrogen-bond donors (Lipinski definition) is 0. The van der Waals surface area contributed by atoms with Gasteiger partial charge in [-0.15, -0.1) is 0 Å². The van der Waals surface area contributed by atoms with Crippen molar-refractivity contribution in [3.63, 3.8) is 0 Å². The van der Waals surface area contributed by atoms with E-state index in [-0.39, 0.29) is 12.0 Å². The monoisotopic (exact) mass is 448 g/mol. The second kappa shape index (κ2) is 10.2. The SMILES string of the molecule is Cc1nc(C2CCN(C(=O)CC3CCCO3)CC2)nc2c1CCCN2CCc1ccccc1. The maximum absolute atomic E-state index is 12.7. The number of rotatable bonds is 6. The molecule has 5 rings (SSSR count). The van der Waals surface area contributed by atoms with E-state index in [1.807, 2.05) is 4.90 Å². The molecule has 3 aliphatic heterocycles. The molecule has 6 nitrogen and oxygen atoms in total. The van der Waals surface area contributed by atoms with Gasteiger partial charge in [0.05, 0.1) is 12.5 Å². The number of carbonyl (C=O) groups excluding carboxylic acids is 1. The van der Waals surface area contributed by atoms with Crippen LogP contribution in [0.2, 0.25) is 0 Å². The Balaban J connectivity index is 1.24. The van der Waals surface area contributed by atoms with E-state index in [4.69, 9.17) is 14.7 Å². The van der Waals surface area contributed by atoms with Crippen LogP contribution in [0.15, 0.2) is 30.3 Å². The van der Waals surface area contributed by atoms with Crippen molar-refractivity contribution in [1.82, 2.24) is 14.9 Å². The molecule has 0 N–H and O–H groups in total. The standard InChI is InChI=1S/C27H36N4O2/c1-20-24-10-5-14-31(15-11-21-7-3-2-4-8-21)27(24)29-26(28-20)22-12-16-30(17-13-22)25(32)19-23-9-6-18-33-23/h2-4,7-8,22-23H,5-6,9-19H2,1H3. The maximum atomic E-state index is 12.7. The normalized spacial score (nSPS) is 21.3. The Morgan fingerprint density at radius 2 is 1.88 bits per heavy atom. The zero-order valence-corrected chi connectivity index (χ0v) is 19.8. The number of amides is 1. The molecule has 1 atom stereocenters. The van der Waals surface area contributed by atoms with Crippen molar-refractivity contribution in [3.05, 3.63) is 53.0 Å². The predicted molar refractivity (Wildman–Crippen MR) is 130 cm³/mol. The van der Waals surface area contributed by atoms with Gasteiger partial charge in [-0.3, -0.25) is 4.79 Å². The number of carbonyl (C=O) groups is 1. The maximum Gasteiger partial charge on any atom is 0.225 e. The van der Waals surface area contributed by atoms with Gasteiger partial charge < -0.3 is 14.5 Å². The van der Waals surface area contributed by atoms with Crippen LogP contribution in [-0.4, -0.2) is 59.7 Å². The van der Waals surface area contributed by atoms with Crippen molar-refractivity contribution >= 4 is 11.7 Å². The zero-order valence-electron chi connectivity index (χ0n) is 19.8. The first kappa shape index (κ1) is 22.3. The van der Waals surface area contributed by atoms with Crippen molar-refractivity contribution in [2.75, 3.05) is 37.7 Å². The molecule has 1 unspecified atom stereocenters. The topological polar surface area (TPSA) is 58.6 Å². The summed E-state index contributed by atoms with van der Waals surface area (Å²) in [5.74, 6) is 2.70. The average Bonchev–Trinajstić information content (AvgIpc) is 3.36. The fourth-order valence-corrected chi connectivity index (χ4v) is 5.53. The lowest BCUT2D eigenvalue weighted by Gasteiger charge is -2.34. The van der Waals surface area contributed by atoms with Crippen LogP contribution < -0.4 is 4.90 Å². The molecular formula is C27H36N4O2. The van der Waals surface area contributed by atoms with Crippen molar-refractivity contribution in [1.29, 1.82) is 0 Å². The van der Waals surface area contributed by atoms with Crippen LogP contribution in [-0.2, 0) is 22.4 Å². The average molecular weight is 449 g/mol. The fraction of sp³-hybridized carbons (Fsp3) is 0.593. The van der Waals surface area contributed by atoms with E-state index in [2.05, 4.69) is 42.2 Å². The van der Waals surface area contributed by atoms with Crippen molar-refractivity contribution in [2.45, 2.75) is 70.3 Å². The summed E-state index contributed by atoms with van der Waals surface area (Å²) in [6.07, 6.45) is 7.92. The quantitative estimate of drug-likeness (QED) is 0.667. The third kappa shape index (κ3) is 5.21. The van der Waals surface area contributed by atoms with Crippen LogP contribution in [0.25, 0.3) is 0 Å². The Labute approximate surface area is 197 Å². The zero-order chi connectivity index (χ0) is 22.6. The third-order valence-corrected chi connectivity index (χ3v) is 7.52. The van der Waals surface area contributed by atoms with E-state index in [1.165, 1.54) is 11.1 Å². The molecule has 1 aromatic carbocycles. The summed E-state index contributed by atoms with van der Waals surface area (Å²) in [6, 6.07) is 10.7. The van der Waals surface area contributed by atoms with Gasteiger partial charge in [0, 0.05) is 50.0 Å². The Bertz CT molecular complexity index is 950. The number of aromatic nitrogens is 2. The molecule has 2 aromatic rings.